The molecule has 0 saturated carbocycles. The van der Waals surface area contributed by atoms with E-state index in [1.807, 2.05) is 32.9 Å². The van der Waals surface area contributed by atoms with Crippen LogP contribution < -0.4 is 14.8 Å². The lowest BCUT2D eigenvalue weighted by Gasteiger charge is -2.21. The molecular weight excluding hydrogens is 370 g/mol. The van der Waals surface area contributed by atoms with E-state index >= 15 is 0 Å². The zero-order valence-corrected chi connectivity index (χ0v) is 17.9. The molecule has 0 spiro atoms. The van der Waals surface area contributed by atoms with Crippen LogP contribution in [0.3, 0.4) is 0 Å². The van der Waals surface area contributed by atoms with Crippen molar-refractivity contribution in [2.24, 2.45) is 5.92 Å². The molecule has 0 bridgehead atoms. The van der Waals surface area contributed by atoms with Crippen LogP contribution >= 0.6 is 0 Å². The van der Waals surface area contributed by atoms with Crippen LogP contribution in [0.15, 0.2) is 18.2 Å². The molecule has 0 unspecified atom stereocenters. The highest BCUT2D eigenvalue weighted by atomic mass is 16.5. The van der Waals surface area contributed by atoms with Gasteiger partial charge in [0.25, 0.3) is 0 Å². The summed E-state index contributed by atoms with van der Waals surface area (Å²) in [6.07, 6.45) is 0.825. The Bertz CT molecular complexity index is 849. The average molecular weight is 402 g/mol. The molecule has 0 aliphatic carbocycles. The largest absolute Gasteiger partial charge is 0.493 e. The Morgan fingerprint density at radius 3 is 2.55 bits per heavy atom. The van der Waals surface area contributed by atoms with Gasteiger partial charge >= 0.3 is 0 Å². The molecule has 0 fully saturated rings. The van der Waals surface area contributed by atoms with Crippen molar-refractivity contribution in [2.75, 3.05) is 27.3 Å². The fraction of sp³-hybridized carbons (Fsp3) is 0.571. The van der Waals surface area contributed by atoms with Crippen LogP contribution in [0.2, 0.25) is 0 Å². The minimum atomic E-state index is -0.163. The van der Waals surface area contributed by atoms with E-state index in [4.69, 9.17) is 9.47 Å². The summed E-state index contributed by atoms with van der Waals surface area (Å²) in [5.41, 5.74) is 1.18. The SMILES string of the molecule is COc1ccc(CN2CCc3nnc([C@@H](C)NC(=O)C(C)C)n3CC2)cc1OC. The summed E-state index contributed by atoms with van der Waals surface area (Å²) >= 11 is 0. The summed E-state index contributed by atoms with van der Waals surface area (Å²) in [7, 11) is 3.30. The van der Waals surface area contributed by atoms with Crippen molar-refractivity contribution in [1.29, 1.82) is 0 Å². The van der Waals surface area contributed by atoms with Crippen molar-refractivity contribution < 1.29 is 14.3 Å². The number of nitrogens with zero attached hydrogens (tertiary/aromatic N) is 4. The summed E-state index contributed by atoms with van der Waals surface area (Å²) < 4.78 is 12.9. The van der Waals surface area contributed by atoms with E-state index in [0.717, 1.165) is 55.7 Å². The Kier molecular flexibility index (Phi) is 6.74. The van der Waals surface area contributed by atoms with Gasteiger partial charge in [-0.05, 0) is 24.6 Å². The zero-order chi connectivity index (χ0) is 21.0. The summed E-state index contributed by atoms with van der Waals surface area (Å²) in [5.74, 6) is 3.25. The molecule has 3 rings (SSSR count). The molecule has 1 amide bonds. The van der Waals surface area contributed by atoms with Gasteiger partial charge < -0.3 is 19.4 Å². The second-order valence-electron chi connectivity index (χ2n) is 7.73. The predicted molar refractivity (Wildman–Crippen MR) is 110 cm³/mol. The first kappa shape index (κ1) is 21.1. The fourth-order valence-corrected chi connectivity index (χ4v) is 3.55. The van der Waals surface area contributed by atoms with Gasteiger partial charge in [-0.3, -0.25) is 9.69 Å². The van der Waals surface area contributed by atoms with Gasteiger partial charge in [-0.25, -0.2) is 0 Å². The van der Waals surface area contributed by atoms with Gasteiger partial charge in [0, 0.05) is 38.5 Å². The van der Waals surface area contributed by atoms with E-state index < -0.39 is 0 Å². The monoisotopic (exact) mass is 401 g/mol. The molecule has 1 aliphatic heterocycles. The first-order valence-corrected chi connectivity index (χ1v) is 10.1. The average Bonchev–Trinajstić information content (AvgIpc) is 3.02. The summed E-state index contributed by atoms with van der Waals surface area (Å²) in [6.45, 7) is 9.15. The lowest BCUT2D eigenvalue weighted by molar-refractivity contribution is -0.124. The van der Waals surface area contributed by atoms with Crippen molar-refractivity contribution in [3.05, 3.63) is 35.4 Å². The van der Waals surface area contributed by atoms with Gasteiger partial charge in [0.1, 0.15) is 5.82 Å². The Morgan fingerprint density at radius 1 is 1.10 bits per heavy atom. The molecule has 1 atom stereocenters. The molecule has 8 nitrogen and oxygen atoms in total. The van der Waals surface area contributed by atoms with E-state index in [1.54, 1.807) is 14.2 Å². The second-order valence-corrected chi connectivity index (χ2v) is 7.73. The van der Waals surface area contributed by atoms with Crippen LogP contribution in [0.5, 0.6) is 11.5 Å². The standard InChI is InChI=1S/C21H31N5O3/c1-14(2)21(27)22-15(3)20-24-23-19-8-9-25(10-11-26(19)20)13-16-6-7-17(28-4)18(12-16)29-5/h6-7,12,14-15H,8-11,13H2,1-5H3,(H,22,27)/t15-/m1/s1. The number of amides is 1. The molecule has 2 aromatic rings. The molecule has 1 aromatic heterocycles. The summed E-state index contributed by atoms with van der Waals surface area (Å²) in [4.78, 5) is 14.4. The fourth-order valence-electron chi connectivity index (χ4n) is 3.55. The minimum Gasteiger partial charge on any atom is -0.493 e. The Balaban J connectivity index is 1.67. The third-order valence-corrected chi connectivity index (χ3v) is 5.27. The number of nitrogens with one attached hydrogen (secondary N) is 1. The smallest absolute Gasteiger partial charge is 0.223 e. The maximum atomic E-state index is 12.0. The number of fused-ring (bicyclic) bond motifs is 1. The van der Waals surface area contributed by atoms with Crippen LogP contribution in [-0.2, 0) is 24.3 Å². The van der Waals surface area contributed by atoms with E-state index in [-0.39, 0.29) is 17.9 Å². The maximum absolute atomic E-state index is 12.0. The quantitative estimate of drug-likeness (QED) is 0.766. The van der Waals surface area contributed by atoms with Crippen LogP contribution in [0.4, 0.5) is 0 Å². The molecule has 0 radical (unpaired) electrons. The maximum Gasteiger partial charge on any atom is 0.223 e. The molecule has 2 heterocycles. The number of methoxy groups -OCH3 is 2. The third kappa shape index (κ3) is 4.87. The van der Waals surface area contributed by atoms with E-state index in [0.29, 0.717) is 0 Å². The van der Waals surface area contributed by atoms with Crippen molar-refractivity contribution >= 4 is 5.91 Å². The number of aromatic nitrogens is 3. The third-order valence-electron chi connectivity index (χ3n) is 5.27. The van der Waals surface area contributed by atoms with Crippen LogP contribution in [-0.4, -0.2) is 52.9 Å². The summed E-state index contributed by atoms with van der Waals surface area (Å²) in [6, 6.07) is 5.88. The number of hydrogen-bond acceptors (Lipinski definition) is 6. The van der Waals surface area contributed by atoms with Gasteiger partial charge in [0.05, 0.1) is 20.3 Å². The number of ether oxygens (including phenoxy) is 2. The van der Waals surface area contributed by atoms with Crippen LogP contribution in [0.25, 0.3) is 0 Å². The van der Waals surface area contributed by atoms with Crippen molar-refractivity contribution in [3.63, 3.8) is 0 Å². The molecular formula is C21H31N5O3. The second kappa shape index (κ2) is 9.26. The van der Waals surface area contributed by atoms with Crippen molar-refractivity contribution in [3.8, 4) is 11.5 Å². The van der Waals surface area contributed by atoms with Gasteiger partial charge in [-0.1, -0.05) is 19.9 Å². The molecule has 29 heavy (non-hydrogen) atoms. The van der Waals surface area contributed by atoms with E-state index in [1.165, 1.54) is 5.56 Å². The van der Waals surface area contributed by atoms with Crippen LogP contribution in [0, 0.1) is 5.92 Å². The van der Waals surface area contributed by atoms with Crippen LogP contribution in [0.1, 0.15) is 44.0 Å². The van der Waals surface area contributed by atoms with Gasteiger partial charge in [-0.2, -0.15) is 0 Å². The molecule has 8 heteroatoms. The van der Waals surface area contributed by atoms with E-state index in [2.05, 4.69) is 31.0 Å². The Morgan fingerprint density at radius 2 is 1.86 bits per heavy atom. The molecule has 158 valence electrons. The van der Waals surface area contributed by atoms with Crippen molar-refractivity contribution in [1.82, 2.24) is 25.0 Å². The first-order chi connectivity index (χ1) is 13.9. The molecule has 0 saturated heterocycles. The molecule has 1 aliphatic rings. The lowest BCUT2D eigenvalue weighted by atomic mass is 10.2. The minimum absolute atomic E-state index is 0.0264. The first-order valence-electron chi connectivity index (χ1n) is 10.1. The molecule has 1 N–H and O–H groups in total. The van der Waals surface area contributed by atoms with Gasteiger partial charge in [-0.15, -0.1) is 10.2 Å². The lowest BCUT2D eigenvalue weighted by Crippen LogP contribution is -2.32. The number of benzene rings is 1. The van der Waals surface area contributed by atoms with Crippen molar-refractivity contribution in [2.45, 2.75) is 46.3 Å². The summed E-state index contributed by atoms with van der Waals surface area (Å²) in [5, 5.41) is 11.8. The highest BCUT2D eigenvalue weighted by Crippen LogP contribution is 2.28. The molecule has 1 aromatic carbocycles. The zero-order valence-electron chi connectivity index (χ0n) is 17.9. The Hall–Kier alpha value is -2.61. The number of carbonyl (C=O) groups excluding carboxylic acids is 1. The predicted octanol–water partition coefficient (Wildman–Crippen LogP) is 2.19. The van der Waals surface area contributed by atoms with Gasteiger partial charge in [0.15, 0.2) is 17.3 Å². The highest BCUT2D eigenvalue weighted by Gasteiger charge is 2.23. The van der Waals surface area contributed by atoms with E-state index in [9.17, 15) is 4.79 Å². The topological polar surface area (TPSA) is 81.5 Å². The number of hydrogen-bond donors (Lipinski definition) is 1. The highest BCUT2D eigenvalue weighted by molar-refractivity contribution is 5.78. The normalized spacial score (nSPS) is 15.5. The Labute approximate surface area is 172 Å². The number of rotatable bonds is 7. The van der Waals surface area contributed by atoms with Gasteiger partial charge in [0.2, 0.25) is 5.91 Å². The number of carbonyl (C=O) groups is 1.